The summed E-state index contributed by atoms with van der Waals surface area (Å²) in [5, 5.41) is 9.26. The summed E-state index contributed by atoms with van der Waals surface area (Å²) in [6, 6.07) is 0.830. The predicted octanol–water partition coefficient (Wildman–Crippen LogP) is 1.45. The van der Waals surface area contributed by atoms with Crippen molar-refractivity contribution in [2.75, 3.05) is 19.6 Å². The van der Waals surface area contributed by atoms with Gasteiger partial charge in [0.15, 0.2) is 0 Å². The first-order valence-corrected chi connectivity index (χ1v) is 10.1. The highest BCUT2D eigenvalue weighted by molar-refractivity contribution is 5.77. The van der Waals surface area contributed by atoms with E-state index < -0.39 is 0 Å². The summed E-state index contributed by atoms with van der Waals surface area (Å²) in [5.41, 5.74) is 3.65. The number of amides is 2. The topological polar surface area (TPSA) is 59.6 Å². The van der Waals surface area contributed by atoms with Crippen molar-refractivity contribution < 1.29 is 4.79 Å². The van der Waals surface area contributed by atoms with Crippen LogP contribution in [0.25, 0.3) is 0 Å². The number of fused-ring (bicyclic) bond motifs is 3. The van der Waals surface area contributed by atoms with Gasteiger partial charge in [-0.1, -0.05) is 12.8 Å². The largest absolute Gasteiger partial charge is 0.337 e. The lowest BCUT2D eigenvalue weighted by atomic mass is 9.80. The monoisotopic (exact) mass is 333 g/mol. The first-order valence-electron chi connectivity index (χ1n) is 10.1. The second-order valence-corrected chi connectivity index (χ2v) is 8.57. The normalized spacial score (nSPS) is 40.6. The SMILES string of the molecule is O=C1N(CC2CCNCC2)NC2C3CCCCC3NC(C3CC3)N12. The molecule has 6 nitrogen and oxygen atoms in total. The summed E-state index contributed by atoms with van der Waals surface area (Å²) >= 11 is 0. The second-order valence-electron chi connectivity index (χ2n) is 8.57. The molecule has 5 fully saturated rings. The molecule has 2 aliphatic carbocycles. The summed E-state index contributed by atoms with van der Waals surface area (Å²) in [4.78, 5) is 15.4. The van der Waals surface area contributed by atoms with Gasteiger partial charge in [0.05, 0.1) is 6.17 Å². The Morgan fingerprint density at radius 3 is 2.54 bits per heavy atom. The highest BCUT2D eigenvalue weighted by atomic mass is 16.2. The Hall–Kier alpha value is -0.850. The molecule has 0 aromatic rings. The van der Waals surface area contributed by atoms with Gasteiger partial charge in [-0.15, -0.1) is 0 Å². The van der Waals surface area contributed by atoms with Gasteiger partial charge in [0.2, 0.25) is 0 Å². The van der Waals surface area contributed by atoms with Crippen LogP contribution < -0.4 is 16.1 Å². The van der Waals surface area contributed by atoms with Crippen molar-refractivity contribution >= 4 is 6.03 Å². The first kappa shape index (κ1) is 15.4. The lowest BCUT2D eigenvalue weighted by Gasteiger charge is -2.48. The van der Waals surface area contributed by atoms with Gasteiger partial charge in [0.25, 0.3) is 0 Å². The number of hydrogen-bond donors (Lipinski definition) is 3. The van der Waals surface area contributed by atoms with Crippen LogP contribution in [0.4, 0.5) is 4.79 Å². The molecule has 24 heavy (non-hydrogen) atoms. The molecular weight excluding hydrogens is 302 g/mol. The molecule has 4 atom stereocenters. The lowest BCUT2D eigenvalue weighted by molar-refractivity contribution is 0.0119. The van der Waals surface area contributed by atoms with Crippen LogP contribution in [-0.4, -0.2) is 53.9 Å². The third-order valence-corrected chi connectivity index (χ3v) is 6.92. The van der Waals surface area contributed by atoms with Crippen LogP contribution in [0.2, 0.25) is 0 Å². The van der Waals surface area contributed by atoms with Crippen molar-refractivity contribution in [1.29, 1.82) is 0 Å². The Labute approximate surface area is 144 Å². The van der Waals surface area contributed by atoms with Crippen LogP contribution in [0.1, 0.15) is 51.4 Å². The van der Waals surface area contributed by atoms with Gasteiger partial charge >= 0.3 is 6.03 Å². The number of rotatable bonds is 3. The number of hydrogen-bond acceptors (Lipinski definition) is 4. The smallest absolute Gasteiger partial charge is 0.317 e. The second kappa shape index (κ2) is 6.15. The fraction of sp³-hybridized carbons (Fsp3) is 0.944. The average Bonchev–Trinajstić information content (AvgIpc) is 3.41. The third-order valence-electron chi connectivity index (χ3n) is 6.92. The van der Waals surface area contributed by atoms with E-state index in [9.17, 15) is 4.79 Å². The van der Waals surface area contributed by atoms with Gasteiger partial charge in [-0.25, -0.2) is 10.2 Å². The summed E-state index contributed by atoms with van der Waals surface area (Å²) < 4.78 is 0. The van der Waals surface area contributed by atoms with Crippen molar-refractivity contribution in [3.05, 3.63) is 0 Å². The van der Waals surface area contributed by atoms with E-state index in [1.165, 1.54) is 51.4 Å². The van der Waals surface area contributed by atoms with Crippen molar-refractivity contribution in [3.8, 4) is 0 Å². The van der Waals surface area contributed by atoms with E-state index in [2.05, 4.69) is 21.0 Å². The molecule has 0 radical (unpaired) electrons. The minimum atomic E-state index is 0.229. The number of piperidine rings is 1. The maximum Gasteiger partial charge on any atom is 0.337 e. The van der Waals surface area contributed by atoms with Crippen LogP contribution in [-0.2, 0) is 0 Å². The molecule has 3 saturated heterocycles. The number of nitrogens with one attached hydrogen (secondary N) is 3. The third kappa shape index (κ3) is 2.63. The molecule has 3 aliphatic heterocycles. The van der Waals surface area contributed by atoms with E-state index in [1.54, 1.807) is 0 Å². The molecule has 0 aromatic carbocycles. The zero-order valence-corrected chi connectivity index (χ0v) is 14.5. The molecule has 3 N–H and O–H groups in total. The number of urea groups is 1. The molecule has 5 rings (SSSR count). The van der Waals surface area contributed by atoms with Gasteiger partial charge in [-0.2, -0.15) is 0 Å². The Morgan fingerprint density at radius 1 is 0.958 bits per heavy atom. The van der Waals surface area contributed by atoms with Crippen molar-refractivity contribution in [2.45, 2.75) is 69.7 Å². The Balaban J connectivity index is 1.35. The highest BCUT2D eigenvalue weighted by Gasteiger charge is 2.54. The van der Waals surface area contributed by atoms with Crippen LogP contribution in [0, 0.1) is 17.8 Å². The number of hydrazine groups is 1. The maximum absolute atomic E-state index is 13.2. The van der Waals surface area contributed by atoms with Gasteiger partial charge < -0.3 is 5.32 Å². The van der Waals surface area contributed by atoms with E-state index in [-0.39, 0.29) is 18.4 Å². The van der Waals surface area contributed by atoms with Gasteiger partial charge in [-0.05, 0) is 63.5 Å². The fourth-order valence-electron chi connectivity index (χ4n) is 5.40. The summed E-state index contributed by atoms with van der Waals surface area (Å²) in [6.45, 7) is 3.07. The Bertz CT molecular complexity index is 490. The lowest BCUT2D eigenvalue weighted by Crippen LogP contribution is -2.66. The molecule has 6 heteroatoms. The molecule has 5 aliphatic rings. The summed E-state index contributed by atoms with van der Waals surface area (Å²) in [7, 11) is 0. The molecule has 3 heterocycles. The predicted molar refractivity (Wildman–Crippen MR) is 91.9 cm³/mol. The number of nitrogens with zero attached hydrogens (tertiary/aromatic N) is 2. The number of carbonyl (C=O) groups excluding carboxylic acids is 1. The van der Waals surface area contributed by atoms with Crippen LogP contribution in [0.15, 0.2) is 0 Å². The molecule has 0 spiro atoms. The van der Waals surface area contributed by atoms with Crippen molar-refractivity contribution in [3.63, 3.8) is 0 Å². The van der Waals surface area contributed by atoms with Crippen LogP contribution >= 0.6 is 0 Å². The van der Waals surface area contributed by atoms with Gasteiger partial charge in [-0.3, -0.25) is 15.2 Å². The molecule has 134 valence electrons. The van der Waals surface area contributed by atoms with E-state index in [0.717, 1.165) is 19.6 Å². The standard InChI is InChI=1S/C18H31N5O/c24-18-22(11-12-7-9-19-10-8-12)21-17-14-3-1-2-4-15(14)20-16(23(17)18)13-5-6-13/h12-17,19-21H,1-11H2. The van der Waals surface area contributed by atoms with Crippen LogP contribution in [0.3, 0.4) is 0 Å². The van der Waals surface area contributed by atoms with E-state index in [1.807, 2.05) is 5.01 Å². The fourth-order valence-corrected chi connectivity index (χ4v) is 5.40. The molecule has 0 bridgehead atoms. The van der Waals surface area contributed by atoms with Crippen molar-refractivity contribution in [2.24, 2.45) is 17.8 Å². The zero-order valence-electron chi connectivity index (χ0n) is 14.5. The molecule has 2 saturated carbocycles. The minimum absolute atomic E-state index is 0.229. The zero-order chi connectivity index (χ0) is 16.1. The molecule has 4 unspecified atom stereocenters. The van der Waals surface area contributed by atoms with Crippen LogP contribution in [0.5, 0.6) is 0 Å². The minimum Gasteiger partial charge on any atom is -0.317 e. The maximum atomic E-state index is 13.2. The summed E-state index contributed by atoms with van der Waals surface area (Å²) in [5.74, 6) is 1.90. The van der Waals surface area contributed by atoms with E-state index >= 15 is 0 Å². The Morgan fingerprint density at radius 2 is 1.75 bits per heavy atom. The van der Waals surface area contributed by atoms with E-state index in [4.69, 9.17) is 0 Å². The highest BCUT2D eigenvalue weighted by Crippen LogP contribution is 2.43. The number of carbonyl (C=O) groups is 1. The van der Waals surface area contributed by atoms with Gasteiger partial charge in [0.1, 0.15) is 6.17 Å². The molecule has 2 amide bonds. The van der Waals surface area contributed by atoms with Crippen molar-refractivity contribution in [1.82, 2.24) is 26.0 Å². The quantitative estimate of drug-likeness (QED) is 0.732. The average molecular weight is 333 g/mol. The Kier molecular flexibility index (Phi) is 3.95. The molecule has 0 aromatic heterocycles. The van der Waals surface area contributed by atoms with Gasteiger partial charge in [0, 0.05) is 18.5 Å². The molecular formula is C18H31N5O. The first-order chi connectivity index (χ1) is 11.8. The van der Waals surface area contributed by atoms with E-state index in [0.29, 0.717) is 23.8 Å². The summed E-state index contributed by atoms with van der Waals surface area (Å²) in [6.07, 6.45) is 10.6.